The summed E-state index contributed by atoms with van der Waals surface area (Å²) in [6.45, 7) is 0. The quantitative estimate of drug-likeness (QED) is 0.473. The van der Waals surface area contributed by atoms with Crippen LogP contribution >= 0.6 is 0 Å². The van der Waals surface area contributed by atoms with E-state index in [1.165, 1.54) is 0 Å². The number of carbonyl (C=O) groups is 2. The second-order valence-corrected chi connectivity index (χ2v) is 2.95. The van der Waals surface area contributed by atoms with Crippen molar-refractivity contribution in [3.05, 3.63) is 39.2 Å². The Morgan fingerprint density at radius 3 is 2.62 bits per heavy atom. The van der Waals surface area contributed by atoms with Crippen LogP contribution in [0.2, 0.25) is 0 Å². The number of aliphatic carboxylic acids is 1. The van der Waals surface area contributed by atoms with Gasteiger partial charge in [-0.1, -0.05) is 0 Å². The topological polar surface area (TPSA) is 97.5 Å². The standard InChI is InChI=1S/C9H6FNO5/c10-7-3-8(11(15)16)6(4-12)1-5(7)2-9(13)14/h1,3-4H,2H2,(H,13,14). The molecule has 1 aromatic rings. The molecule has 0 saturated carbocycles. The molecule has 0 aliphatic heterocycles. The number of carbonyl (C=O) groups excluding carboxylic acids is 1. The van der Waals surface area contributed by atoms with Crippen LogP contribution in [0, 0.1) is 15.9 Å². The molecule has 0 saturated heterocycles. The van der Waals surface area contributed by atoms with Crippen LogP contribution in [0.1, 0.15) is 15.9 Å². The highest BCUT2D eigenvalue weighted by Crippen LogP contribution is 2.21. The third-order valence-corrected chi connectivity index (χ3v) is 1.86. The van der Waals surface area contributed by atoms with Crippen LogP contribution in [0.3, 0.4) is 0 Å². The molecule has 1 aromatic carbocycles. The van der Waals surface area contributed by atoms with Crippen molar-refractivity contribution in [2.24, 2.45) is 0 Å². The van der Waals surface area contributed by atoms with Crippen LogP contribution in [0.5, 0.6) is 0 Å². The number of benzene rings is 1. The van der Waals surface area contributed by atoms with E-state index < -0.39 is 28.8 Å². The smallest absolute Gasteiger partial charge is 0.307 e. The number of nitro benzene ring substituents is 1. The molecular formula is C9H6FNO5. The molecule has 16 heavy (non-hydrogen) atoms. The second kappa shape index (κ2) is 4.47. The second-order valence-electron chi connectivity index (χ2n) is 2.95. The van der Waals surface area contributed by atoms with Gasteiger partial charge in [0.1, 0.15) is 5.82 Å². The average Bonchev–Trinajstić information content (AvgIpc) is 2.19. The molecule has 0 amide bonds. The number of rotatable bonds is 4. The Labute approximate surface area is 88.5 Å². The zero-order valence-corrected chi connectivity index (χ0v) is 7.84. The molecule has 1 N–H and O–H groups in total. The number of nitro groups is 1. The molecule has 0 fully saturated rings. The first-order valence-electron chi connectivity index (χ1n) is 4.09. The number of carboxylic acids is 1. The van der Waals surface area contributed by atoms with Crippen molar-refractivity contribution in [1.29, 1.82) is 0 Å². The van der Waals surface area contributed by atoms with Crippen LogP contribution in [0.4, 0.5) is 10.1 Å². The van der Waals surface area contributed by atoms with Gasteiger partial charge in [-0.15, -0.1) is 0 Å². The molecule has 0 bridgehead atoms. The van der Waals surface area contributed by atoms with Gasteiger partial charge >= 0.3 is 5.97 Å². The molecule has 0 aliphatic rings. The summed E-state index contributed by atoms with van der Waals surface area (Å²) in [6, 6.07) is 1.41. The zero-order valence-electron chi connectivity index (χ0n) is 7.84. The summed E-state index contributed by atoms with van der Waals surface area (Å²) in [5.41, 5.74) is -1.29. The number of hydrogen-bond acceptors (Lipinski definition) is 4. The Kier molecular flexibility index (Phi) is 3.29. The maximum Gasteiger partial charge on any atom is 0.307 e. The van der Waals surface area contributed by atoms with Crippen LogP contribution < -0.4 is 0 Å². The molecule has 0 heterocycles. The van der Waals surface area contributed by atoms with Gasteiger partial charge in [-0.05, 0) is 6.07 Å². The summed E-state index contributed by atoms with van der Waals surface area (Å²) in [5, 5.41) is 18.9. The Balaban J connectivity index is 3.30. The summed E-state index contributed by atoms with van der Waals surface area (Å²) < 4.78 is 13.2. The highest BCUT2D eigenvalue weighted by molar-refractivity contribution is 5.82. The first-order chi connectivity index (χ1) is 7.45. The molecule has 1 rings (SSSR count). The lowest BCUT2D eigenvalue weighted by atomic mass is 10.1. The predicted molar refractivity (Wildman–Crippen MR) is 49.8 cm³/mol. The zero-order chi connectivity index (χ0) is 12.3. The van der Waals surface area contributed by atoms with Gasteiger partial charge < -0.3 is 5.11 Å². The van der Waals surface area contributed by atoms with Gasteiger partial charge in [0, 0.05) is 5.56 Å². The van der Waals surface area contributed by atoms with Gasteiger partial charge in [0.05, 0.1) is 23.0 Å². The summed E-state index contributed by atoms with van der Waals surface area (Å²) in [6.07, 6.45) is -0.451. The molecule has 0 aromatic heterocycles. The molecular weight excluding hydrogens is 221 g/mol. The van der Waals surface area contributed by atoms with Crippen LogP contribution in [0.15, 0.2) is 12.1 Å². The van der Waals surface area contributed by atoms with E-state index in [0.29, 0.717) is 6.07 Å². The average molecular weight is 227 g/mol. The molecule has 0 unspecified atom stereocenters. The minimum atomic E-state index is -1.29. The van der Waals surface area contributed by atoms with Crippen molar-refractivity contribution in [1.82, 2.24) is 0 Å². The SMILES string of the molecule is O=Cc1cc(CC(=O)O)c(F)cc1[N+](=O)[O-]. The van der Waals surface area contributed by atoms with Crippen LogP contribution in [-0.2, 0) is 11.2 Å². The van der Waals surface area contributed by atoms with Crippen molar-refractivity contribution >= 4 is 17.9 Å². The first-order valence-corrected chi connectivity index (χ1v) is 4.09. The van der Waals surface area contributed by atoms with Crippen molar-refractivity contribution in [3.63, 3.8) is 0 Å². The Morgan fingerprint density at radius 1 is 1.56 bits per heavy atom. The molecule has 84 valence electrons. The van der Waals surface area contributed by atoms with E-state index in [4.69, 9.17) is 5.11 Å². The third-order valence-electron chi connectivity index (χ3n) is 1.86. The monoisotopic (exact) mass is 227 g/mol. The fraction of sp³-hybridized carbons (Fsp3) is 0.111. The van der Waals surface area contributed by atoms with Gasteiger partial charge in [0.25, 0.3) is 5.69 Å². The van der Waals surface area contributed by atoms with Gasteiger partial charge in [-0.3, -0.25) is 19.7 Å². The van der Waals surface area contributed by atoms with Gasteiger partial charge in [0.2, 0.25) is 0 Å². The molecule has 0 spiro atoms. The van der Waals surface area contributed by atoms with E-state index in [1.807, 2.05) is 0 Å². The van der Waals surface area contributed by atoms with E-state index in [1.54, 1.807) is 0 Å². The summed E-state index contributed by atoms with van der Waals surface area (Å²) in [5.74, 6) is -2.30. The van der Waals surface area contributed by atoms with Crippen molar-refractivity contribution in [2.75, 3.05) is 0 Å². The first kappa shape index (κ1) is 11.8. The number of halogens is 1. The lowest BCUT2D eigenvalue weighted by Gasteiger charge is -2.02. The van der Waals surface area contributed by atoms with Gasteiger partial charge in [0.15, 0.2) is 6.29 Å². The maximum atomic E-state index is 13.2. The molecule has 7 heteroatoms. The summed E-state index contributed by atoms with van der Waals surface area (Å²) >= 11 is 0. The predicted octanol–water partition coefficient (Wildman–Crippen LogP) is 1.17. The molecule has 0 atom stereocenters. The lowest BCUT2D eigenvalue weighted by molar-refractivity contribution is -0.385. The van der Waals surface area contributed by atoms with Gasteiger partial charge in [-0.25, -0.2) is 4.39 Å². The Hall–Kier alpha value is -2.31. The minimum absolute atomic E-state index is 0.183. The largest absolute Gasteiger partial charge is 0.481 e. The minimum Gasteiger partial charge on any atom is -0.481 e. The van der Waals surface area contributed by atoms with Gasteiger partial charge in [-0.2, -0.15) is 0 Å². The molecule has 0 aliphatic carbocycles. The maximum absolute atomic E-state index is 13.2. The van der Waals surface area contributed by atoms with E-state index in [-0.39, 0.29) is 17.4 Å². The lowest BCUT2D eigenvalue weighted by Crippen LogP contribution is -2.05. The fourth-order valence-electron chi connectivity index (χ4n) is 1.18. The van der Waals surface area contributed by atoms with Crippen LogP contribution in [0.25, 0.3) is 0 Å². The highest BCUT2D eigenvalue weighted by atomic mass is 19.1. The third kappa shape index (κ3) is 2.38. The van der Waals surface area contributed by atoms with E-state index in [2.05, 4.69) is 0 Å². The Bertz CT molecular complexity index is 471. The number of aldehydes is 1. The molecule has 0 radical (unpaired) electrons. The van der Waals surface area contributed by atoms with Crippen molar-refractivity contribution < 1.29 is 24.0 Å². The number of hydrogen-bond donors (Lipinski definition) is 1. The van der Waals surface area contributed by atoms with E-state index >= 15 is 0 Å². The molecule has 6 nitrogen and oxygen atoms in total. The van der Waals surface area contributed by atoms with Crippen molar-refractivity contribution in [2.45, 2.75) is 6.42 Å². The normalized spacial score (nSPS) is 9.81. The Morgan fingerprint density at radius 2 is 2.19 bits per heavy atom. The summed E-state index contributed by atoms with van der Waals surface area (Å²) in [7, 11) is 0. The van der Waals surface area contributed by atoms with E-state index in [0.717, 1.165) is 6.07 Å². The summed E-state index contributed by atoms with van der Waals surface area (Å²) in [4.78, 5) is 30.4. The van der Waals surface area contributed by atoms with Crippen molar-refractivity contribution in [3.8, 4) is 0 Å². The number of carboxylic acid groups (broad SMARTS) is 1. The fourth-order valence-corrected chi connectivity index (χ4v) is 1.18. The number of nitrogens with zero attached hydrogens (tertiary/aromatic N) is 1. The van der Waals surface area contributed by atoms with Crippen LogP contribution in [-0.4, -0.2) is 22.3 Å². The van der Waals surface area contributed by atoms with E-state index in [9.17, 15) is 24.1 Å². The highest BCUT2D eigenvalue weighted by Gasteiger charge is 2.18.